The van der Waals surface area contributed by atoms with Crippen molar-refractivity contribution in [3.63, 3.8) is 0 Å². The molecular weight excluding hydrogens is 366 g/mol. The lowest BCUT2D eigenvalue weighted by atomic mass is 10.1. The van der Waals surface area contributed by atoms with Crippen LogP contribution in [-0.4, -0.2) is 43.8 Å². The second kappa shape index (κ2) is 8.96. The van der Waals surface area contributed by atoms with Crippen LogP contribution in [0.5, 0.6) is 5.75 Å². The van der Waals surface area contributed by atoms with Crippen LogP contribution in [0.2, 0.25) is 0 Å². The van der Waals surface area contributed by atoms with Crippen molar-refractivity contribution in [3.05, 3.63) is 53.9 Å². The minimum Gasteiger partial charge on any atom is -0.495 e. The maximum Gasteiger partial charge on any atom is 0.251 e. The molecule has 1 aromatic heterocycles. The van der Waals surface area contributed by atoms with Gasteiger partial charge in [-0.3, -0.25) is 9.78 Å². The summed E-state index contributed by atoms with van der Waals surface area (Å²) < 4.78 is 32.3. The van der Waals surface area contributed by atoms with E-state index >= 15 is 0 Å². The number of rotatable bonds is 8. The van der Waals surface area contributed by atoms with Gasteiger partial charge in [-0.25, -0.2) is 8.42 Å². The summed E-state index contributed by atoms with van der Waals surface area (Å²) in [6.45, 7) is 6.04. The lowest BCUT2D eigenvalue weighted by molar-refractivity contribution is 0.0939. The van der Waals surface area contributed by atoms with E-state index in [2.05, 4.69) is 10.3 Å². The Labute approximate surface area is 160 Å². The van der Waals surface area contributed by atoms with Gasteiger partial charge in [0.05, 0.1) is 13.2 Å². The zero-order valence-corrected chi connectivity index (χ0v) is 16.8. The molecule has 146 valence electrons. The molecule has 0 aliphatic carbocycles. The van der Waals surface area contributed by atoms with Gasteiger partial charge in [0.15, 0.2) is 0 Å². The van der Waals surface area contributed by atoms with Crippen LogP contribution < -0.4 is 10.1 Å². The van der Waals surface area contributed by atoms with Gasteiger partial charge in [-0.05, 0) is 42.8 Å². The predicted octanol–water partition coefficient (Wildman–Crippen LogP) is 2.61. The molecule has 0 spiro atoms. The number of amides is 1. The minimum atomic E-state index is -3.76. The Morgan fingerprint density at radius 2 is 1.81 bits per heavy atom. The molecule has 1 heterocycles. The third-order valence-corrected chi connectivity index (χ3v) is 6.37. The monoisotopic (exact) mass is 391 g/mol. The van der Waals surface area contributed by atoms with E-state index < -0.39 is 10.0 Å². The normalized spacial score (nSPS) is 12.6. The van der Waals surface area contributed by atoms with E-state index in [0.717, 1.165) is 5.56 Å². The SMILES string of the molecule is CCN(CC)S(=O)(=O)c1cc(C(=O)NC(C)c2ccncc2)ccc1OC. The molecule has 1 atom stereocenters. The second-order valence-electron chi connectivity index (χ2n) is 5.93. The third-order valence-electron chi connectivity index (χ3n) is 4.30. The van der Waals surface area contributed by atoms with Crippen molar-refractivity contribution in [2.24, 2.45) is 0 Å². The Hall–Kier alpha value is -2.45. The van der Waals surface area contributed by atoms with Gasteiger partial charge in [-0.2, -0.15) is 4.31 Å². The van der Waals surface area contributed by atoms with E-state index in [4.69, 9.17) is 4.74 Å². The van der Waals surface area contributed by atoms with Crippen LogP contribution >= 0.6 is 0 Å². The van der Waals surface area contributed by atoms with Crippen molar-refractivity contribution in [1.82, 2.24) is 14.6 Å². The summed E-state index contributed by atoms with van der Waals surface area (Å²) in [4.78, 5) is 16.6. The van der Waals surface area contributed by atoms with Gasteiger partial charge < -0.3 is 10.1 Å². The Morgan fingerprint density at radius 3 is 2.37 bits per heavy atom. The first-order valence-electron chi connectivity index (χ1n) is 8.74. The molecule has 0 radical (unpaired) electrons. The number of ether oxygens (including phenoxy) is 1. The van der Waals surface area contributed by atoms with Gasteiger partial charge in [0, 0.05) is 31.0 Å². The van der Waals surface area contributed by atoms with Crippen LogP contribution in [0.15, 0.2) is 47.6 Å². The number of nitrogens with one attached hydrogen (secondary N) is 1. The molecule has 1 N–H and O–H groups in total. The first kappa shape index (κ1) is 20.9. The number of nitrogens with zero attached hydrogens (tertiary/aromatic N) is 2. The van der Waals surface area contributed by atoms with Crippen molar-refractivity contribution >= 4 is 15.9 Å². The summed E-state index contributed by atoms with van der Waals surface area (Å²) in [6, 6.07) is 7.80. The first-order chi connectivity index (χ1) is 12.8. The van der Waals surface area contributed by atoms with Crippen LogP contribution in [0.4, 0.5) is 0 Å². The molecule has 0 saturated carbocycles. The van der Waals surface area contributed by atoms with Crippen LogP contribution in [0, 0.1) is 0 Å². The molecule has 0 aliphatic heterocycles. The van der Waals surface area contributed by atoms with Crippen LogP contribution in [0.25, 0.3) is 0 Å². The van der Waals surface area contributed by atoms with Gasteiger partial charge in [-0.15, -0.1) is 0 Å². The molecule has 0 fully saturated rings. The highest BCUT2D eigenvalue weighted by Crippen LogP contribution is 2.28. The number of hydrogen-bond acceptors (Lipinski definition) is 5. The van der Waals surface area contributed by atoms with E-state index in [0.29, 0.717) is 13.1 Å². The number of benzene rings is 1. The fourth-order valence-corrected chi connectivity index (χ4v) is 4.38. The molecular formula is C19H25N3O4S. The molecule has 8 heteroatoms. The zero-order valence-electron chi connectivity index (χ0n) is 16.0. The molecule has 1 aromatic carbocycles. The molecule has 1 amide bonds. The number of carbonyl (C=O) groups excluding carboxylic acids is 1. The van der Waals surface area contributed by atoms with E-state index in [1.165, 1.54) is 23.5 Å². The second-order valence-corrected chi connectivity index (χ2v) is 7.84. The maximum absolute atomic E-state index is 12.9. The molecule has 2 rings (SSSR count). The number of pyridine rings is 1. The highest BCUT2D eigenvalue weighted by Gasteiger charge is 2.27. The van der Waals surface area contributed by atoms with Gasteiger partial charge in [-0.1, -0.05) is 13.8 Å². The van der Waals surface area contributed by atoms with E-state index in [9.17, 15) is 13.2 Å². The standard InChI is InChI=1S/C19H25N3O4S/c1-5-22(6-2)27(24,25)18-13-16(7-8-17(18)26-4)19(23)21-14(3)15-9-11-20-12-10-15/h7-14H,5-6H2,1-4H3,(H,21,23). The summed E-state index contributed by atoms with van der Waals surface area (Å²) in [7, 11) is -2.36. The van der Waals surface area contributed by atoms with Crippen LogP contribution in [0.1, 0.15) is 42.7 Å². The highest BCUT2D eigenvalue weighted by atomic mass is 32.2. The number of carbonyl (C=O) groups is 1. The topological polar surface area (TPSA) is 88.6 Å². The van der Waals surface area contributed by atoms with E-state index in [-0.39, 0.29) is 28.2 Å². The number of methoxy groups -OCH3 is 1. The van der Waals surface area contributed by atoms with Crippen molar-refractivity contribution in [2.75, 3.05) is 20.2 Å². The van der Waals surface area contributed by atoms with Gasteiger partial charge >= 0.3 is 0 Å². The van der Waals surface area contributed by atoms with Crippen molar-refractivity contribution in [1.29, 1.82) is 0 Å². The van der Waals surface area contributed by atoms with E-state index in [1.807, 2.05) is 19.1 Å². The first-order valence-corrected chi connectivity index (χ1v) is 10.2. The average molecular weight is 391 g/mol. The summed E-state index contributed by atoms with van der Waals surface area (Å²) in [5.74, 6) is -0.154. The predicted molar refractivity (Wildman–Crippen MR) is 103 cm³/mol. The smallest absolute Gasteiger partial charge is 0.251 e. The van der Waals surface area contributed by atoms with Gasteiger partial charge in [0.2, 0.25) is 10.0 Å². The molecule has 7 nitrogen and oxygen atoms in total. The van der Waals surface area contributed by atoms with Crippen molar-refractivity contribution < 1.29 is 17.9 Å². The number of sulfonamides is 1. The Bertz CT molecular complexity index is 881. The maximum atomic E-state index is 12.9. The third kappa shape index (κ3) is 4.64. The quantitative estimate of drug-likeness (QED) is 0.747. The molecule has 0 aliphatic rings. The Morgan fingerprint density at radius 1 is 1.19 bits per heavy atom. The summed E-state index contributed by atoms with van der Waals surface area (Å²) in [5, 5.41) is 2.87. The number of aromatic nitrogens is 1. The molecule has 0 bridgehead atoms. The lowest BCUT2D eigenvalue weighted by Gasteiger charge is -2.21. The number of hydrogen-bond donors (Lipinski definition) is 1. The van der Waals surface area contributed by atoms with E-state index in [1.54, 1.807) is 32.3 Å². The van der Waals surface area contributed by atoms with Gasteiger partial charge in [0.25, 0.3) is 5.91 Å². The molecule has 0 saturated heterocycles. The largest absolute Gasteiger partial charge is 0.495 e. The summed E-state index contributed by atoms with van der Waals surface area (Å²) in [5.41, 5.74) is 1.16. The van der Waals surface area contributed by atoms with Crippen molar-refractivity contribution in [2.45, 2.75) is 31.7 Å². The zero-order chi connectivity index (χ0) is 20.0. The fraction of sp³-hybridized carbons (Fsp3) is 0.368. The van der Waals surface area contributed by atoms with Crippen LogP contribution in [-0.2, 0) is 10.0 Å². The Kier molecular flexibility index (Phi) is 6.92. The highest BCUT2D eigenvalue weighted by molar-refractivity contribution is 7.89. The lowest BCUT2D eigenvalue weighted by Crippen LogP contribution is -2.31. The van der Waals surface area contributed by atoms with Crippen LogP contribution in [0.3, 0.4) is 0 Å². The summed E-state index contributed by atoms with van der Waals surface area (Å²) in [6.07, 6.45) is 3.31. The molecule has 1 unspecified atom stereocenters. The van der Waals surface area contributed by atoms with Crippen molar-refractivity contribution in [3.8, 4) is 5.75 Å². The Balaban J connectivity index is 2.35. The minimum absolute atomic E-state index is 0.0158. The fourth-order valence-electron chi connectivity index (χ4n) is 2.74. The average Bonchev–Trinajstić information content (AvgIpc) is 2.68. The molecule has 2 aromatic rings. The summed E-state index contributed by atoms with van der Waals surface area (Å²) >= 11 is 0. The van der Waals surface area contributed by atoms with Gasteiger partial charge in [0.1, 0.15) is 10.6 Å². The molecule has 27 heavy (non-hydrogen) atoms.